The van der Waals surface area contributed by atoms with Gasteiger partial charge in [0.2, 0.25) is 5.91 Å². The van der Waals surface area contributed by atoms with E-state index in [2.05, 4.69) is 25.3 Å². The maximum absolute atomic E-state index is 11.8. The zero-order valence-electron chi connectivity index (χ0n) is 9.69. The maximum Gasteiger partial charge on any atom is 0.222 e. The highest BCUT2D eigenvalue weighted by atomic mass is 32.1. The topological polar surface area (TPSA) is 20.3 Å². The molecule has 84 valence electrons. The third-order valence-electron chi connectivity index (χ3n) is 2.81. The van der Waals surface area contributed by atoms with Gasteiger partial charge in [0.15, 0.2) is 0 Å². The number of carbonyl (C=O) groups excluding carboxylic acids is 1. The molecular weight excluding hydrogens is 206 g/mol. The van der Waals surface area contributed by atoms with Crippen LogP contribution in [0.25, 0.3) is 0 Å². The van der Waals surface area contributed by atoms with E-state index in [1.165, 1.54) is 4.88 Å². The van der Waals surface area contributed by atoms with E-state index in [-0.39, 0.29) is 5.91 Å². The highest BCUT2D eigenvalue weighted by molar-refractivity contribution is 7.09. The lowest BCUT2D eigenvalue weighted by molar-refractivity contribution is -0.131. The summed E-state index contributed by atoms with van der Waals surface area (Å²) < 4.78 is 0. The van der Waals surface area contributed by atoms with Gasteiger partial charge in [-0.15, -0.1) is 11.3 Å². The molecule has 0 N–H and O–H groups in total. The fraction of sp³-hybridized carbons (Fsp3) is 0.583. The zero-order chi connectivity index (χ0) is 11.3. The van der Waals surface area contributed by atoms with E-state index in [1.54, 1.807) is 11.3 Å². The quantitative estimate of drug-likeness (QED) is 0.754. The van der Waals surface area contributed by atoms with Gasteiger partial charge in [-0.3, -0.25) is 4.79 Å². The predicted octanol–water partition coefficient (Wildman–Crippen LogP) is 2.94. The monoisotopic (exact) mass is 225 g/mol. The molecule has 0 aliphatic heterocycles. The average Bonchev–Trinajstić information content (AvgIpc) is 2.76. The molecule has 1 amide bonds. The fourth-order valence-corrected chi connectivity index (χ4v) is 2.09. The molecule has 0 saturated carbocycles. The van der Waals surface area contributed by atoms with Crippen molar-refractivity contribution in [1.29, 1.82) is 0 Å². The summed E-state index contributed by atoms with van der Waals surface area (Å²) in [6.07, 6.45) is 2.51. The molecule has 1 aromatic rings. The number of hydrogen-bond donors (Lipinski definition) is 0. The molecule has 0 aliphatic carbocycles. The minimum Gasteiger partial charge on any atom is -0.343 e. The first-order valence-electron chi connectivity index (χ1n) is 5.43. The smallest absolute Gasteiger partial charge is 0.222 e. The Kier molecular flexibility index (Phi) is 4.82. The van der Waals surface area contributed by atoms with Crippen LogP contribution in [0.1, 0.15) is 31.6 Å². The van der Waals surface area contributed by atoms with E-state index in [9.17, 15) is 4.79 Å². The molecule has 3 heteroatoms. The van der Waals surface area contributed by atoms with E-state index in [0.717, 1.165) is 12.8 Å². The van der Waals surface area contributed by atoms with Crippen molar-refractivity contribution in [2.75, 3.05) is 7.05 Å². The Balaban J connectivity index is 2.36. The second-order valence-electron chi connectivity index (χ2n) is 3.84. The third kappa shape index (κ3) is 3.67. The van der Waals surface area contributed by atoms with Gasteiger partial charge in [-0.05, 0) is 31.2 Å². The molecule has 0 aliphatic rings. The van der Waals surface area contributed by atoms with Crippen molar-refractivity contribution in [3.63, 3.8) is 0 Å². The van der Waals surface area contributed by atoms with Crippen LogP contribution in [-0.2, 0) is 11.2 Å². The van der Waals surface area contributed by atoms with Crippen molar-refractivity contribution in [2.45, 2.75) is 39.2 Å². The molecule has 0 saturated heterocycles. The van der Waals surface area contributed by atoms with Crippen LogP contribution in [0.2, 0.25) is 0 Å². The molecule has 0 bridgehead atoms. The summed E-state index contributed by atoms with van der Waals surface area (Å²) in [5.41, 5.74) is 0. The summed E-state index contributed by atoms with van der Waals surface area (Å²) in [5, 5.41) is 2.05. The Labute approximate surface area is 95.9 Å². The van der Waals surface area contributed by atoms with Crippen molar-refractivity contribution in [1.82, 2.24) is 4.90 Å². The standard InChI is InChI=1S/C12H19NOS/c1-4-10(2)13(3)12(14)8-7-11-6-5-9-15-11/h5-6,9-10H,4,7-8H2,1-3H3. The first-order valence-corrected chi connectivity index (χ1v) is 6.31. The molecule has 2 nitrogen and oxygen atoms in total. The summed E-state index contributed by atoms with van der Waals surface area (Å²) in [6.45, 7) is 4.19. The van der Waals surface area contributed by atoms with Gasteiger partial charge in [0.05, 0.1) is 0 Å². The third-order valence-corrected chi connectivity index (χ3v) is 3.75. The second kappa shape index (κ2) is 5.91. The number of nitrogens with zero attached hydrogens (tertiary/aromatic N) is 1. The van der Waals surface area contributed by atoms with Gasteiger partial charge in [0.25, 0.3) is 0 Å². The van der Waals surface area contributed by atoms with Crippen LogP contribution in [0.5, 0.6) is 0 Å². The van der Waals surface area contributed by atoms with Crippen molar-refractivity contribution >= 4 is 17.2 Å². The van der Waals surface area contributed by atoms with Crippen molar-refractivity contribution in [3.8, 4) is 0 Å². The van der Waals surface area contributed by atoms with Gasteiger partial charge in [-0.2, -0.15) is 0 Å². The highest BCUT2D eigenvalue weighted by Gasteiger charge is 2.13. The van der Waals surface area contributed by atoms with Gasteiger partial charge >= 0.3 is 0 Å². The van der Waals surface area contributed by atoms with Crippen LogP contribution in [0, 0.1) is 0 Å². The molecule has 1 atom stereocenters. The van der Waals surface area contributed by atoms with Crippen LogP contribution in [0.3, 0.4) is 0 Å². The van der Waals surface area contributed by atoms with Crippen LogP contribution in [0.4, 0.5) is 0 Å². The molecule has 0 fully saturated rings. The first-order chi connectivity index (χ1) is 7.15. The summed E-state index contributed by atoms with van der Waals surface area (Å²) in [5.74, 6) is 0.248. The Bertz CT molecular complexity index is 295. The van der Waals surface area contributed by atoms with Gasteiger partial charge in [-0.25, -0.2) is 0 Å². The molecule has 1 rings (SSSR count). The van der Waals surface area contributed by atoms with Crippen molar-refractivity contribution < 1.29 is 4.79 Å². The lowest BCUT2D eigenvalue weighted by Crippen LogP contribution is -2.34. The van der Waals surface area contributed by atoms with E-state index in [1.807, 2.05) is 18.0 Å². The highest BCUT2D eigenvalue weighted by Crippen LogP contribution is 2.12. The number of aryl methyl sites for hydroxylation is 1. The molecule has 1 unspecified atom stereocenters. The van der Waals surface area contributed by atoms with E-state index < -0.39 is 0 Å². The molecule has 1 heterocycles. The largest absolute Gasteiger partial charge is 0.343 e. The van der Waals surface area contributed by atoms with Crippen LogP contribution >= 0.6 is 11.3 Å². The zero-order valence-corrected chi connectivity index (χ0v) is 10.5. The molecule has 1 aromatic heterocycles. The van der Waals surface area contributed by atoms with Gasteiger partial charge in [0, 0.05) is 24.4 Å². The minimum absolute atomic E-state index is 0.248. The molecule has 0 aromatic carbocycles. The molecule has 15 heavy (non-hydrogen) atoms. The van der Waals surface area contributed by atoms with Gasteiger partial charge in [-0.1, -0.05) is 13.0 Å². The van der Waals surface area contributed by atoms with E-state index in [4.69, 9.17) is 0 Å². The lowest BCUT2D eigenvalue weighted by Gasteiger charge is -2.23. The van der Waals surface area contributed by atoms with Gasteiger partial charge in [0.1, 0.15) is 0 Å². The first kappa shape index (κ1) is 12.2. The number of hydrogen-bond acceptors (Lipinski definition) is 2. The Morgan fingerprint density at radius 3 is 2.87 bits per heavy atom. The molecular formula is C12H19NOS. The Morgan fingerprint density at radius 2 is 2.33 bits per heavy atom. The summed E-state index contributed by atoms with van der Waals surface area (Å²) in [7, 11) is 1.89. The van der Waals surface area contributed by atoms with Gasteiger partial charge < -0.3 is 4.90 Å². The van der Waals surface area contributed by atoms with E-state index >= 15 is 0 Å². The second-order valence-corrected chi connectivity index (χ2v) is 4.87. The summed E-state index contributed by atoms with van der Waals surface area (Å²) >= 11 is 1.72. The SMILES string of the molecule is CCC(C)N(C)C(=O)CCc1cccs1. The summed E-state index contributed by atoms with van der Waals surface area (Å²) in [4.78, 5) is 14.9. The van der Waals surface area contributed by atoms with Crippen molar-refractivity contribution in [2.24, 2.45) is 0 Å². The van der Waals surface area contributed by atoms with Crippen LogP contribution in [-0.4, -0.2) is 23.9 Å². The predicted molar refractivity (Wildman–Crippen MR) is 65.2 cm³/mol. The van der Waals surface area contributed by atoms with Crippen LogP contribution in [0.15, 0.2) is 17.5 Å². The fourth-order valence-electron chi connectivity index (χ4n) is 1.38. The number of carbonyl (C=O) groups is 1. The average molecular weight is 225 g/mol. The Morgan fingerprint density at radius 1 is 1.60 bits per heavy atom. The Hall–Kier alpha value is -0.830. The van der Waals surface area contributed by atoms with Crippen molar-refractivity contribution in [3.05, 3.63) is 22.4 Å². The summed E-state index contributed by atoms with van der Waals surface area (Å²) in [6, 6.07) is 4.46. The van der Waals surface area contributed by atoms with E-state index in [0.29, 0.717) is 12.5 Å². The number of amides is 1. The number of rotatable bonds is 5. The number of thiophene rings is 1. The van der Waals surface area contributed by atoms with Crippen LogP contribution < -0.4 is 0 Å². The molecule has 0 radical (unpaired) electrons. The lowest BCUT2D eigenvalue weighted by atomic mass is 10.2. The molecule has 0 spiro atoms. The minimum atomic E-state index is 0.248. The maximum atomic E-state index is 11.8. The normalized spacial score (nSPS) is 12.5.